The van der Waals surface area contributed by atoms with Crippen molar-refractivity contribution in [2.45, 2.75) is 46.0 Å². The van der Waals surface area contributed by atoms with Crippen LogP contribution in [0.4, 0.5) is 0 Å². The highest BCUT2D eigenvalue weighted by molar-refractivity contribution is 5.59. The molecule has 0 heterocycles. The molecule has 0 radical (unpaired) electrons. The second-order valence-electron chi connectivity index (χ2n) is 3.23. The van der Waals surface area contributed by atoms with E-state index in [0.29, 0.717) is 6.54 Å². The third-order valence-electron chi connectivity index (χ3n) is 2.49. The standard InChI is InChI=1S/C8H15NO.C2H6.CH4O/c9-6-5-8(7-10)3-1-2-4-8;2*1-2/h7H,1-6,9H2;1-2H3;2H,1H3. The van der Waals surface area contributed by atoms with E-state index in [2.05, 4.69) is 0 Å². The summed E-state index contributed by atoms with van der Waals surface area (Å²) in [6.45, 7) is 4.65. The Bertz CT molecular complexity index is 120. The highest BCUT2D eigenvalue weighted by Gasteiger charge is 2.32. The van der Waals surface area contributed by atoms with Crippen molar-refractivity contribution in [2.75, 3.05) is 13.7 Å². The third-order valence-corrected chi connectivity index (χ3v) is 2.49. The molecule has 3 nitrogen and oxygen atoms in total. The molecule has 1 fully saturated rings. The molecule has 86 valence electrons. The molecule has 1 aliphatic carbocycles. The highest BCUT2D eigenvalue weighted by atomic mass is 16.2. The lowest BCUT2D eigenvalue weighted by atomic mass is 9.85. The molecule has 0 aromatic rings. The lowest BCUT2D eigenvalue weighted by Crippen LogP contribution is -2.22. The normalized spacial score (nSPS) is 17.2. The van der Waals surface area contributed by atoms with E-state index in [1.807, 2.05) is 13.8 Å². The lowest BCUT2D eigenvalue weighted by Gasteiger charge is -2.19. The summed E-state index contributed by atoms with van der Waals surface area (Å²) in [4.78, 5) is 10.7. The molecule has 3 N–H and O–H groups in total. The van der Waals surface area contributed by atoms with Gasteiger partial charge in [0.2, 0.25) is 0 Å². The van der Waals surface area contributed by atoms with Crippen LogP contribution in [0.5, 0.6) is 0 Å². The summed E-state index contributed by atoms with van der Waals surface area (Å²) < 4.78 is 0. The second kappa shape index (κ2) is 10.7. The van der Waals surface area contributed by atoms with Gasteiger partial charge in [-0.2, -0.15) is 0 Å². The summed E-state index contributed by atoms with van der Waals surface area (Å²) >= 11 is 0. The predicted molar refractivity (Wildman–Crippen MR) is 60.1 cm³/mol. The Balaban J connectivity index is 0. The van der Waals surface area contributed by atoms with Crippen molar-refractivity contribution in [1.29, 1.82) is 0 Å². The highest BCUT2D eigenvalue weighted by Crippen LogP contribution is 2.38. The molecule has 1 rings (SSSR count). The van der Waals surface area contributed by atoms with E-state index >= 15 is 0 Å². The Labute approximate surface area is 87.7 Å². The number of rotatable bonds is 3. The fourth-order valence-corrected chi connectivity index (χ4v) is 1.79. The van der Waals surface area contributed by atoms with Gasteiger partial charge in [0.25, 0.3) is 0 Å². The van der Waals surface area contributed by atoms with E-state index in [0.717, 1.165) is 32.7 Å². The summed E-state index contributed by atoms with van der Waals surface area (Å²) in [5, 5.41) is 7.00. The number of nitrogens with two attached hydrogens (primary N) is 1. The van der Waals surface area contributed by atoms with Crippen LogP contribution in [0.2, 0.25) is 0 Å². The van der Waals surface area contributed by atoms with Crippen LogP contribution in [-0.2, 0) is 4.79 Å². The van der Waals surface area contributed by atoms with Gasteiger partial charge >= 0.3 is 0 Å². The Morgan fingerprint density at radius 1 is 1.29 bits per heavy atom. The molecule has 14 heavy (non-hydrogen) atoms. The number of hydrogen-bond acceptors (Lipinski definition) is 3. The quantitative estimate of drug-likeness (QED) is 0.687. The van der Waals surface area contributed by atoms with Crippen molar-refractivity contribution < 1.29 is 9.90 Å². The minimum absolute atomic E-state index is 0.0191. The molecule has 0 saturated heterocycles. The first-order chi connectivity index (χ1) is 6.83. The SMILES string of the molecule is CC.CO.NCCC1(C=O)CCCC1. The van der Waals surface area contributed by atoms with E-state index < -0.39 is 0 Å². The smallest absolute Gasteiger partial charge is 0.126 e. The van der Waals surface area contributed by atoms with Gasteiger partial charge in [0.1, 0.15) is 6.29 Å². The van der Waals surface area contributed by atoms with Gasteiger partial charge in [-0.05, 0) is 25.8 Å². The van der Waals surface area contributed by atoms with Gasteiger partial charge in [-0.3, -0.25) is 0 Å². The number of aliphatic hydroxyl groups is 1. The van der Waals surface area contributed by atoms with Crippen LogP contribution in [-0.4, -0.2) is 25.0 Å². The first-order valence-corrected chi connectivity index (χ1v) is 5.44. The van der Waals surface area contributed by atoms with Crippen molar-refractivity contribution in [1.82, 2.24) is 0 Å². The maximum Gasteiger partial charge on any atom is 0.126 e. The molecule has 0 aromatic carbocycles. The summed E-state index contributed by atoms with van der Waals surface area (Å²) in [5.41, 5.74) is 5.39. The molecule has 0 aliphatic heterocycles. The van der Waals surface area contributed by atoms with Crippen molar-refractivity contribution in [3.05, 3.63) is 0 Å². The lowest BCUT2D eigenvalue weighted by molar-refractivity contribution is -0.116. The van der Waals surface area contributed by atoms with Crippen LogP contribution in [0, 0.1) is 5.41 Å². The van der Waals surface area contributed by atoms with E-state index in [9.17, 15) is 4.79 Å². The van der Waals surface area contributed by atoms with Gasteiger partial charge in [0.05, 0.1) is 0 Å². The second-order valence-corrected chi connectivity index (χ2v) is 3.23. The summed E-state index contributed by atoms with van der Waals surface area (Å²) in [5.74, 6) is 0. The van der Waals surface area contributed by atoms with Crippen LogP contribution in [0.25, 0.3) is 0 Å². The summed E-state index contributed by atoms with van der Waals surface area (Å²) in [6.07, 6.45) is 6.54. The summed E-state index contributed by atoms with van der Waals surface area (Å²) in [7, 11) is 1.00. The maximum absolute atomic E-state index is 10.7. The predicted octanol–water partition coefficient (Wildman–Crippen LogP) is 1.73. The Morgan fingerprint density at radius 3 is 2.00 bits per heavy atom. The number of carbonyl (C=O) groups excluding carboxylic acids is 1. The molecule has 0 atom stereocenters. The van der Waals surface area contributed by atoms with Gasteiger partial charge in [-0.1, -0.05) is 26.7 Å². The van der Waals surface area contributed by atoms with Crippen LogP contribution < -0.4 is 5.73 Å². The fraction of sp³-hybridized carbons (Fsp3) is 0.909. The number of hydrogen-bond donors (Lipinski definition) is 2. The third kappa shape index (κ3) is 5.35. The number of aldehydes is 1. The molecule has 0 spiro atoms. The molecule has 0 amide bonds. The molecule has 3 heteroatoms. The Hall–Kier alpha value is -0.410. The largest absolute Gasteiger partial charge is 0.400 e. The number of aliphatic hydroxyl groups excluding tert-OH is 1. The van der Waals surface area contributed by atoms with Crippen molar-refractivity contribution >= 4 is 6.29 Å². The molecule has 1 aliphatic rings. The van der Waals surface area contributed by atoms with Gasteiger partial charge in [0, 0.05) is 12.5 Å². The van der Waals surface area contributed by atoms with Gasteiger partial charge < -0.3 is 15.6 Å². The van der Waals surface area contributed by atoms with E-state index in [4.69, 9.17) is 10.8 Å². The van der Waals surface area contributed by atoms with Crippen molar-refractivity contribution in [3.63, 3.8) is 0 Å². The summed E-state index contributed by atoms with van der Waals surface area (Å²) in [6, 6.07) is 0. The van der Waals surface area contributed by atoms with Crippen LogP contribution in [0.3, 0.4) is 0 Å². The zero-order valence-corrected chi connectivity index (χ0v) is 9.75. The molecule has 0 unspecified atom stereocenters. The average Bonchev–Trinajstić information content (AvgIpc) is 2.74. The average molecular weight is 203 g/mol. The Kier molecular flexibility index (Phi) is 12.2. The minimum atomic E-state index is -0.0191. The molecule has 1 saturated carbocycles. The molecule has 0 bridgehead atoms. The van der Waals surface area contributed by atoms with Gasteiger partial charge in [-0.15, -0.1) is 0 Å². The molecular weight excluding hydrogens is 178 g/mol. The van der Waals surface area contributed by atoms with Gasteiger partial charge in [0.15, 0.2) is 0 Å². The zero-order chi connectivity index (χ0) is 11.4. The van der Waals surface area contributed by atoms with Gasteiger partial charge in [-0.25, -0.2) is 0 Å². The van der Waals surface area contributed by atoms with Crippen LogP contribution >= 0.6 is 0 Å². The molecule has 0 aromatic heterocycles. The van der Waals surface area contributed by atoms with E-state index in [1.54, 1.807) is 0 Å². The Morgan fingerprint density at radius 2 is 1.71 bits per heavy atom. The van der Waals surface area contributed by atoms with E-state index in [-0.39, 0.29) is 5.41 Å². The first kappa shape index (κ1) is 16.0. The van der Waals surface area contributed by atoms with Crippen molar-refractivity contribution in [2.24, 2.45) is 11.1 Å². The zero-order valence-electron chi connectivity index (χ0n) is 9.75. The molecular formula is C11H25NO2. The first-order valence-electron chi connectivity index (χ1n) is 5.44. The number of carbonyl (C=O) groups is 1. The van der Waals surface area contributed by atoms with Crippen LogP contribution in [0.1, 0.15) is 46.0 Å². The topological polar surface area (TPSA) is 63.3 Å². The van der Waals surface area contributed by atoms with Crippen molar-refractivity contribution in [3.8, 4) is 0 Å². The van der Waals surface area contributed by atoms with Crippen LogP contribution in [0.15, 0.2) is 0 Å². The fourth-order valence-electron chi connectivity index (χ4n) is 1.79. The maximum atomic E-state index is 10.7. The monoisotopic (exact) mass is 203 g/mol. The minimum Gasteiger partial charge on any atom is -0.400 e. The van der Waals surface area contributed by atoms with E-state index in [1.165, 1.54) is 12.8 Å².